The van der Waals surface area contributed by atoms with Crippen molar-refractivity contribution in [3.63, 3.8) is 0 Å². The van der Waals surface area contributed by atoms with Crippen LogP contribution >= 0.6 is 11.3 Å². The number of benzene rings is 2. The van der Waals surface area contributed by atoms with E-state index in [1.807, 2.05) is 6.92 Å². The molecule has 0 spiro atoms. The molecule has 1 saturated heterocycles. The number of halogens is 2. The van der Waals surface area contributed by atoms with Crippen molar-refractivity contribution in [3.05, 3.63) is 81.0 Å². The van der Waals surface area contributed by atoms with Gasteiger partial charge < -0.3 is 31.7 Å². The summed E-state index contributed by atoms with van der Waals surface area (Å²) in [6.07, 6.45) is 1.07. The maximum absolute atomic E-state index is 15.0. The summed E-state index contributed by atoms with van der Waals surface area (Å²) in [5.41, 5.74) is 11.9. The van der Waals surface area contributed by atoms with Gasteiger partial charge in [-0.05, 0) is 49.1 Å². The molecule has 13 heteroatoms. The molecule has 2 aromatic carbocycles. The Labute approximate surface area is 262 Å². The molecule has 6 rings (SSSR count). The number of alkyl halides is 2. The molecule has 3 aliphatic rings. The first-order valence-corrected chi connectivity index (χ1v) is 15.6. The third kappa shape index (κ3) is 5.49. The van der Waals surface area contributed by atoms with Crippen molar-refractivity contribution in [2.75, 3.05) is 26.3 Å². The Balaban J connectivity index is 1.15. The third-order valence-corrected chi connectivity index (χ3v) is 10.1. The van der Waals surface area contributed by atoms with Gasteiger partial charge in [0.05, 0.1) is 25.8 Å². The fourth-order valence-corrected chi connectivity index (χ4v) is 7.47. The van der Waals surface area contributed by atoms with Crippen LogP contribution < -0.4 is 22.1 Å². The summed E-state index contributed by atoms with van der Waals surface area (Å²) >= 11 is 1.38. The molecule has 1 saturated carbocycles. The minimum absolute atomic E-state index is 0.0622. The number of thiophene rings is 1. The zero-order valence-corrected chi connectivity index (χ0v) is 25.4. The molecule has 0 unspecified atom stereocenters. The lowest BCUT2D eigenvalue weighted by Crippen LogP contribution is -2.51. The van der Waals surface area contributed by atoms with Crippen molar-refractivity contribution in [1.29, 1.82) is 5.41 Å². The zero-order chi connectivity index (χ0) is 32.1. The molecule has 2 heterocycles. The number of rotatable bonds is 11. The van der Waals surface area contributed by atoms with Crippen molar-refractivity contribution in [1.82, 2.24) is 15.5 Å². The van der Waals surface area contributed by atoms with Gasteiger partial charge in [-0.2, -0.15) is 8.78 Å². The van der Waals surface area contributed by atoms with Crippen molar-refractivity contribution in [2.45, 2.75) is 43.8 Å². The lowest BCUT2D eigenvalue weighted by Gasteiger charge is -2.28. The van der Waals surface area contributed by atoms with E-state index < -0.39 is 23.8 Å². The molecule has 7 N–H and O–H groups in total. The number of nitrogens with zero attached hydrogens (tertiary/aromatic N) is 1. The van der Waals surface area contributed by atoms with Gasteiger partial charge in [0.1, 0.15) is 11.9 Å². The first-order valence-electron chi connectivity index (χ1n) is 14.7. The SMILES string of the molecule is C[C@@H](NC(=O)[C@@H]1C[C@]2(COCCN)C[C@@H]2N1C(=O)CNC(=O)c1ccc2c(c1)-c1ccccc1C2(F)F)c1cc(C(=N)N)cs1. The van der Waals surface area contributed by atoms with E-state index in [1.54, 1.807) is 34.5 Å². The summed E-state index contributed by atoms with van der Waals surface area (Å²) in [4.78, 5) is 42.7. The summed E-state index contributed by atoms with van der Waals surface area (Å²) in [5, 5.41) is 15.0. The molecule has 1 aliphatic heterocycles. The monoisotopic (exact) mass is 636 g/mol. The van der Waals surface area contributed by atoms with Crippen LogP contribution in [0.25, 0.3) is 11.1 Å². The quantitative estimate of drug-likeness (QED) is 0.123. The highest BCUT2D eigenvalue weighted by atomic mass is 32.1. The number of hydrogen-bond donors (Lipinski definition) is 5. The van der Waals surface area contributed by atoms with Gasteiger partial charge in [0, 0.05) is 50.5 Å². The molecule has 0 bridgehead atoms. The van der Waals surface area contributed by atoms with Crippen molar-refractivity contribution >= 4 is 34.9 Å². The van der Waals surface area contributed by atoms with Crippen LogP contribution in [0.15, 0.2) is 53.9 Å². The molecule has 45 heavy (non-hydrogen) atoms. The fourth-order valence-electron chi connectivity index (χ4n) is 6.55. The van der Waals surface area contributed by atoms with E-state index in [1.165, 1.54) is 35.6 Å². The van der Waals surface area contributed by atoms with Crippen LogP contribution in [0.2, 0.25) is 0 Å². The van der Waals surface area contributed by atoms with Gasteiger partial charge in [0.25, 0.3) is 11.8 Å². The van der Waals surface area contributed by atoms with E-state index in [-0.39, 0.29) is 58.0 Å². The molecule has 4 atom stereocenters. The molecule has 2 aliphatic carbocycles. The largest absolute Gasteiger partial charge is 0.384 e. The second kappa shape index (κ2) is 11.6. The highest BCUT2D eigenvalue weighted by molar-refractivity contribution is 7.10. The molecule has 1 aromatic heterocycles. The van der Waals surface area contributed by atoms with E-state index in [9.17, 15) is 23.2 Å². The van der Waals surface area contributed by atoms with E-state index in [0.717, 1.165) is 4.88 Å². The first-order chi connectivity index (χ1) is 21.5. The molecule has 3 amide bonds. The molecule has 2 fully saturated rings. The standard InChI is InChI=1S/C32H34F2N6O4S/c1-17(25-11-19(15-45-25)28(36)37)39-30(43)24-12-31(16-44-9-8-35)13-26(31)40(24)27(41)14-38-29(42)18-6-7-23-21(10-18)20-4-2-3-5-22(20)32(23,33)34/h2-7,10-11,15,17,24,26H,8-9,12-14,16,35H2,1H3,(H3,36,37)(H,38,42)(H,39,43)/t17-,24+,26+,31-/m1/s1. The van der Waals surface area contributed by atoms with Crippen molar-refractivity contribution < 1.29 is 27.9 Å². The Kier molecular flexibility index (Phi) is 7.96. The second-order valence-electron chi connectivity index (χ2n) is 11.9. The van der Waals surface area contributed by atoms with Crippen LogP contribution in [0.1, 0.15) is 57.7 Å². The maximum Gasteiger partial charge on any atom is 0.299 e. The molecular formula is C32H34F2N6O4S. The predicted octanol–water partition coefficient (Wildman–Crippen LogP) is 3.09. The summed E-state index contributed by atoms with van der Waals surface area (Å²) in [5.74, 6) is -4.56. The van der Waals surface area contributed by atoms with Gasteiger partial charge in [-0.3, -0.25) is 19.8 Å². The van der Waals surface area contributed by atoms with Crippen LogP contribution in [0.3, 0.4) is 0 Å². The number of nitrogens with one attached hydrogen (secondary N) is 3. The van der Waals surface area contributed by atoms with Gasteiger partial charge in [-0.25, -0.2) is 0 Å². The first kappa shape index (κ1) is 30.8. The van der Waals surface area contributed by atoms with Crippen LogP contribution in [0.4, 0.5) is 8.78 Å². The molecule has 236 valence electrons. The topological polar surface area (TPSA) is 164 Å². The Morgan fingerprint density at radius 2 is 1.87 bits per heavy atom. The summed E-state index contributed by atoms with van der Waals surface area (Å²) in [7, 11) is 0. The van der Waals surface area contributed by atoms with Gasteiger partial charge in [0.2, 0.25) is 11.8 Å². The Bertz CT molecular complexity index is 1700. The number of likely N-dealkylation sites (tertiary alicyclic amines) is 1. The average molecular weight is 637 g/mol. The number of carbonyl (C=O) groups is 3. The van der Waals surface area contributed by atoms with Crippen molar-refractivity contribution in [3.8, 4) is 11.1 Å². The predicted molar refractivity (Wildman–Crippen MR) is 165 cm³/mol. The number of amidine groups is 1. The number of nitrogens with two attached hydrogens (primary N) is 2. The lowest BCUT2D eigenvalue weighted by atomic mass is 10.00. The smallest absolute Gasteiger partial charge is 0.299 e. The van der Waals surface area contributed by atoms with Crippen LogP contribution in [-0.2, 0) is 20.2 Å². The number of piperidine rings is 1. The number of carbonyl (C=O) groups excluding carboxylic acids is 3. The summed E-state index contributed by atoms with van der Waals surface area (Å²) < 4.78 is 35.6. The Morgan fingerprint density at radius 3 is 2.60 bits per heavy atom. The number of hydrogen-bond acceptors (Lipinski definition) is 7. The number of ether oxygens (including phenoxy) is 1. The third-order valence-electron chi connectivity index (χ3n) is 8.95. The normalized spacial score (nSPS) is 22.6. The zero-order valence-electron chi connectivity index (χ0n) is 24.6. The summed E-state index contributed by atoms with van der Waals surface area (Å²) in [6.45, 7) is 2.52. The Morgan fingerprint density at radius 1 is 1.11 bits per heavy atom. The molecule has 3 aromatic rings. The minimum atomic E-state index is -3.16. The average Bonchev–Trinajstić information content (AvgIpc) is 3.31. The van der Waals surface area contributed by atoms with E-state index in [4.69, 9.17) is 21.6 Å². The molecular weight excluding hydrogens is 602 g/mol. The summed E-state index contributed by atoms with van der Waals surface area (Å²) in [6, 6.07) is 10.6. The van der Waals surface area contributed by atoms with Gasteiger partial charge in [-0.15, -0.1) is 11.3 Å². The molecule has 10 nitrogen and oxygen atoms in total. The highest BCUT2D eigenvalue weighted by Gasteiger charge is 2.67. The van der Waals surface area contributed by atoms with Crippen LogP contribution in [0, 0.1) is 10.8 Å². The number of nitrogen functional groups attached to an aromatic ring is 1. The molecule has 0 radical (unpaired) electrons. The number of amides is 3. The minimum Gasteiger partial charge on any atom is -0.384 e. The van der Waals surface area contributed by atoms with E-state index in [2.05, 4.69) is 10.6 Å². The van der Waals surface area contributed by atoms with Crippen LogP contribution in [-0.4, -0.2) is 66.8 Å². The van der Waals surface area contributed by atoms with Crippen molar-refractivity contribution in [2.24, 2.45) is 16.9 Å². The van der Waals surface area contributed by atoms with E-state index >= 15 is 0 Å². The lowest BCUT2D eigenvalue weighted by molar-refractivity contribution is -0.139. The highest BCUT2D eigenvalue weighted by Crippen LogP contribution is 2.59. The Hall–Kier alpha value is -4.20. The fraction of sp³-hybridized carbons (Fsp3) is 0.375. The number of fused-ring (bicyclic) bond motifs is 4. The second-order valence-corrected chi connectivity index (χ2v) is 12.8. The van der Waals surface area contributed by atoms with E-state index in [0.29, 0.717) is 43.7 Å². The maximum atomic E-state index is 15.0. The van der Waals surface area contributed by atoms with Gasteiger partial charge in [-0.1, -0.05) is 30.3 Å². The van der Waals surface area contributed by atoms with Gasteiger partial charge >= 0.3 is 0 Å². The van der Waals surface area contributed by atoms with Crippen LogP contribution in [0.5, 0.6) is 0 Å². The van der Waals surface area contributed by atoms with Gasteiger partial charge in [0.15, 0.2) is 0 Å².